The fraction of sp³-hybridized carbons (Fsp3) is 0.950. The van der Waals surface area contributed by atoms with E-state index in [9.17, 15) is 9.90 Å². The number of carbonyl (C=O) groups excluding carboxylic acids is 1. The Morgan fingerprint density at radius 3 is 2.30 bits per heavy atom. The maximum absolute atomic E-state index is 11.4. The van der Waals surface area contributed by atoms with Crippen molar-refractivity contribution in [3.8, 4) is 0 Å². The van der Waals surface area contributed by atoms with Crippen LogP contribution in [0.5, 0.6) is 0 Å². The third kappa shape index (κ3) is 14.9. The summed E-state index contributed by atoms with van der Waals surface area (Å²) in [7, 11) is 3.22. The van der Waals surface area contributed by atoms with E-state index in [0.717, 1.165) is 19.3 Å². The Morgan fingerprint density at radius 2 is 1.70 bits per heavy atom. The van der Waals surface area contributed by atoms with Gasteiger partial charge < -0.3 is 29.4 Å². The maximum Gasteiger partial charge on any atom is 0.222 e. The van der Waals surface area contributed by atoms with Crippen LogP contribution in [0, 0.1) is 5.92 Å². The van der Waals surface area contributed by atoms with Crippen LogP contribution in [-0.4, -0.2) is 76.0 Å². The van der Waals surface area contributed by atoms with Gasteiger partial charge in [-0.25, -0.2) is 0 Å². The normalized spacial score (nSPS) is 13.6. The lowest BCUT2D eigenvalue weighted by atomic mass is 9.94. The van der Waals surface area contributed by atoms with E-state index in [1.165, 1.54) is 0 Å². The van der Waals surface area contributed by atoms with Gasteiger partial charge in [-0.2, -0.15) is 0 Å². The number of rotatable bonds is 17. The molecule has 0 aliphatic carbocycles. The van der Waals surface area contributed by atoms with Crippen LogP contribution in [0.3, 0.4) is 0 Å². The summed E-state index contributed by atoms with van der Waals surface area (Å²) in [4.78, 5) is 11.4. The number of carbonyl (C=O) groups is 1. The van der Waals surface area contributed by atoms with Gasteiger partial charge in [0.25, 0.3) is 0 Å². The lowest BCUT2D eigenvalue weighted by molar-refractivity contribution is -0.129. The van der Waals surface area contributed by atoms with Gasteiger partial charge in [0.15, 0.2) is 0 Å². The molecule has 27 heavy (non-hydrogen) atoms. The molecule has 0 rings (SSSR count). The zero-order valence-corrected chi connectivity index (χ0v) is 18.1. The average molecular weight is 392 g/mol. The van der Waals surface area contributed by atoms with Gasteiger partial charge in [-0.15, -0.1) is 0 Å². The largest absolute Gasteiger partial charge is 0.396 e. The summed E-state index contributed by atoms with van der Waals surface area (Å²) >= 11 is 0. The van der Waals surface area contributed by atoms with Crippen LogP contribution in [0.1, 0.15) is 53.4 Å². The van der Waals surface area contributed by atoms with E-state index in [1.54, 1.807) is 14.2 Å². The molecule has 0 radical (unpaired) electrons. The van der Waals surface area contributed by atoms with Crippen LogP contribution in [0.2, 0.25) is 0 Å². The molecule has 2 N–H and O–H groups in total. The van der Waals surface area contributed by atoms with Crippen molar-refractivity contribution in [2.45, 2.75) is 64.6 Å². The summed E-state index contributed by atoms with van der Waals surface area (Å²) in [5, 5.41) is 12.3. The minimum atomic E-state index is -0.394. The highest BCUT2D eigenvalue weighted by Crippen LogP contribution is 2.23. The Balaban J connectivity index is 3.97. The lowest BCUT2D eigenvalue weighted by Crippen LogP contribution is -2.38. The third-order valence-corrected chi connectivity index (χ3v) is 4.17. The Kier molecular flexibility index (Phi) is 13.9. The van der Waals surface area contributed by atoms with Gasteiger partial charge in [0.1, 0.15) is 0 Å². The summed E-state index contributed by atoms with van der Waals surface area (Å²) < 4.78 is 22.0. The van der Waals surface area contributed by atoms with E-state index < -0.39 is 5.60 Å². The molecule has 0 fully saturated rings. The Morgan fingerprint density at radius 1 is 1.00 bits per heavy atom. The number of methoxy groups -OCH3 is 2. The number of hydrogen-bond donors (Lipinski definition) is 2. The first-order chi connectivity index (χ1) is 12.7. The first-order valence-corrected chi connectivity index (χ1v) is 9.79. The van der Waals surface area contributed by atoms with E-state index in [0.29, 0.717) is 39.4 Å². The molecular weight excluding hydrogens is 350 g/mol. The summed E-state index contributed by atoms with van der Waals surface area (Å²) in [6.45, 7) is 10.9. The molecule has 1 amide bonds. The fourth-order valence-corrected chi connectivity index (χ4v) is 2.66. The van der Waals surface area contributed by atoms with Gasteiger partial charge >= 0.3 is 0 Å². The third-order valence-electron chi connectivity index (χ3n) is 4.17. The first-order valence-electron chi connectivity index (χ1n) is 9.79. The van der Waals surface area contributed by atoms with Crippen molar-refractivity contribution in [2.24, 2.45) is 5.92 Å². The Hall–Kier alpha value is -0.730. The van der Waals surface area contributed by atoms with Crippen LogP contribution >= 0.6 is 0 Å². The lowest BCUT2D eigenvalue weighted by Gasteiger charge is -2.34. The standard InChI is InChI=1S/C20H41NO6/c1-19(2,13-17(14-22)15-25-6)27-16-20(3,4)26-11-8-7-10-21-18(23)9-12-24-5/h17,22H,7-16H2,1-6H3,(H,21,23). The molecule has 0 saturated carbocycles. The fourth-order valence-electron chi connectivity index (χ4n) is 2.66. The number of aliphatic hydroxyl groups excluding tert-OH is 1. The molecule has 0 aromatic heterocycles. The van der Waals surface area contributed by atoms with Gasteiger partial charge in [0.2, 0.25) is 5.91 Å². The van der Waals surface area contributed by atoms with Crippen molar-refractivity contribution in [3.05, 3.63) is 0 Å². The van der Waals surface area contributed by atoms with Gasteiger partial charge in [-0.1, -0.05) is 0 Å². The second-order valence-electron chi connectivity index (χ2n) is 8.16. The summed E-state index contributed by atoms with van der Waals surface area (Å²) in [5.74, 6) is 0.0801. The summed E-state index contributed by atoms with van der Waals surface area (Å²) in [6.07, 6.45) is 2.86. The van der Waals surface area contributed by atoms with Crippen LogP contribution in [0.25, 0.3) is 0 Å². The highest BCUT2D eigenvalue weighted by atomic mass is 16.6. The van der Waals surface area contributed by atoms with E-state index in [4.69, 9.17) is 18.9 Å². The molecular formula is C20H41NO6. The predicted octanol–water partition coefficient (Wildman–Crippen LogP) is 2.15. The minimum absolute atomic E-state index is 0.0170. The van der Waals surface area contributed by atoms with E-state index in [1.807, 2.05) is 27.7 Å². The minimum Gasteiger partial charge on any atom is -0.396 e. The molecule has 1 unspecified atom stereocenters. The second kappa shape index (κ2) is 14.3. The predicted molar refractivity (Wildman–Crippen MR) is 106 cm³/mol. The molecule has 0 aliphatic heterocycles. The van der Waals surface area contributed by atoms with Crippen LogP contribution in [0.4, 0.5) is 0 Å². The smallest absolute Gasteiger partial charge is 0.222 e. The quantitative estimate of drug-likeness (QED) is 0.370. The van der Waals surface area contributed by atoms with Crippen molar-refractivity contribution in [1.82, 2.24) is 5.32 Å². The van der Waals surface area contributed by atoms with Crippen molar-refractivity contribution in [1.29, 1.82) is 0 Å². The molecule has 0 spiro atoms. The first kappa shape index (κ1) is 26.3. The van der Waals surface area contributed by atoms with E-state index >= 15 is 0 Å². The van der Waals surface area contributed by atoms with Gasteiger partial charge in [-0.05, 0) is 47.0 Å². The van der Waals surface area contributed by atoms with Gasteiger partial charge in [0.05, 0.1) is 31.0 Å². The molecule has 162 valence electrons. The monoisotopic (exact) mass is 391 g/mol. The number of ether oxygens (including phenoxy) is 4. The van der Waals surface area contributed by atoms with Crippen molar-refractivity contribution in [3.63, 3.8) is 0 Å². The number of hydrogen-bond acceptors (Lipinski definition) is 6. The number of unbranched alkanes of at least 4 members (excludes halogenated alkanes) is 1. The number of amides is 1. The zero-order valence-electron chi connectivity index (χ0n) is 18.1. The maximum atomic E-state index is 11.4. The zero-order chi connectivity index (χ0) is 20.8. The van der Waals surface area contributed by atoms with Crippen LogP contribution < -0.4 is 5.32 Å². The molecule has 7 nitrogen and oxygen atoms in total. The highest BCUT2D eigenvalue weighted by molar-refractivity contribution is 5.75. The van der Waals surface area contributed by atoms with E-state index in [-0.39, 0.29) is 24.0 Å². The summed E-state index contributed by atoms with van der Waals surface area (Å²) in [6, 6.07) is 0. The van der Waals surface area contributed by atoms with Crippen molar-refractivity contribution in [2.75, 3.05) is 53.8 Å². The van der Waals surface area contributed by atoms with Crippen LogP contribution in [-0.2, 0) is 23.7 Å². The van der Waals surface area contributed by atoms with Gasteiger partial charge in [0, 0.05) is 46.3 Å². The molecule has 0 bridgehead atoms. The van der Waals surface area contributed by atoms with Crippen molar-refractivity contribution < 1.29 is 28.8 Å². The van der Waals surface area contributed by atoms with Gasteiger partial charge in [-0.3, -0.25) is 4.79 Å². The van der Waals surface area contributed by atoms with Crippen molar-refractivity contribution >= 4 is 5.91 Å². The Labute approximate surface area is 165 Å². The SMILES string of the molecule is COCCC(=O)NCCCCOC(C)(C)COC(C)(C)CC(CO)COC. The average Bonchev–Trinajstić information content (AvgIpc) is 2.61. The molecule has 0 aromatic rings. The molecule has 0 aliphatic rings. The molecule has 7 heteroatoms. The van der Waals surface area contributed by atoms with E-state index in [2.05, 4.69) is 5.32 Å². The Bertz CT molecular complexity index is 387. The topological polar surface area (TPSA) is 86.3 Å². The van der Waals surface area contributed by atoms with Crippen LogP contribution in [0.15, 0.2) is 0 Å². The molecule has 1 atom stereocenters. The number of nitrogens with one attached hydrogen (secondary N) is 1. The number of aliphatic hydroxyl groups is 1. The molecule has 0 heterocycles. The molecule has 0 saturated heterocycles. The molecule has 0 aromatic carbocycles. The summed E-state index contributed by atoms with van der Waals surface area (Å²) in [5.41, 5.74) is -0.756. The second-order valence-corrected chi connectivity index (χ2v) is 8.16. The highest BCUT2D eigenvalue weighted by Gasteiger charge is 2.28.